The summed E-state index contributed by atoms with van der Waals surface area (Å²) in [4.78, 5) is 50.2. The molecule has 0 spiro atoms. The molecule has 1 aliphatic heterocycles. The molecule has 39 heavy (non-hydrogen) atoms. The van der Waals surface area contributed by atoms with Crippen LogP contribution in [-0.4, -0.2) is 72.5 Å². The number of H-pyrrole nitrogens is 1. The number of para-hydroxylation sites is 1. The summed E-state index contributed by atoms with van der Waals surface area (Å²) in [6.45, 7) is 10.2. The largest absolute Gasteiger partial charge is 0.466 e. The van der Waals surface area contributed by atoms with Crippen molar-refractivity contribution in [3.8, 4) is 17.4 Å². The zero-order valence-corrected chi connectivity index (χ0v) is 21.7. The van der Waals surface area contributed by atoms with Crippen molar-refractivity contribution in [1.82, 2.24) is 33.8 Å². The van der Waals surface area contributed by atoms with Crippen LogP contribution >= 0.6 is 0 Å². The van der Waals surface area contributed by atoms with Crippen LogP contribution in [0.15, 0.2) is 71.3 Å². The van der Waals surface area contributed by atoms with E-state index in [9.17, 15) is 14.4 Å². The Labute approximate surface area is 224 Å². The summed E-state index contributed by atoms with van der Waals surface area (Å²) in [6.07, 6.45) is 3.05. The topological polar surface area (TPSA) is 123 Å². The Hall–Kier alpha value is -4.87. The number of piperazine rings is 1. The predicted octanol–water partition coefficient (Wildman–Crippen LogP) is 1.39. The number of amides is 1. The molecule has 1 fully saturated rings. The quantitative estimate of drug-likeness (QED) is 0.325. The number of hydrogen-bond acceptors (Lipinski definition) is 7. The average molecular weight is 531 g/mol. The van der Waals surface area contributed by atoms with Gasteiger partial charge in [0, 0.05) is 58.1 Å². The second kappa shape index (κ2) is 10.9. The third-order valence-electron chi connectivity index (χ3n) is 6.68. The Bertz CT molecular complexity index is 1640. The lowest BCUT2D eigenvalue weighted by Gasteiger charge is -2.36. The molecule has 1 N–H and O–H groups in total. The summed E-state index contributed by atoms with van der Waals surface area (Å²) >= 11 is 0. The van der Waals surface area contributed by atoms with Crippen LogP contribution in [-0.2, 0) is 24.9 Å². The number of hydrogen-bond donors (Lipinski definition) is 1. The Kier molecular flexibility index (Phi) is 7.17. The van der Waals surface area contributed by atoms with Crippen LogP contribution in [0.25, 0.3) is 22.7 Å². The average Bonchev–Trinajstić information content (AvgIpc) is 3.56. The smallest absolute Gasteiger partial charge is 0.333 e. The van der Waals surface area contributed by atoms with E-state index < -0.39 is 11.2 Å². The number of ether oxygens (including phenoxy) is 1. The van der Waals surface area contributed by atoms with Crippen molar-refractivity contribution in [2.45, 2.75) is 13.1 Å². The molecular formula is C27H30N8O4. The number of nitrogens with one attached hydrogen (secondary N) is 1. The molecule has 4 aromatic rings. The number of aromatic nitrogens is 6. The number of anilines is 1. The minimum Gasteiger partial charge on any atom is -0.466 e. The van der Waals surface area contributed by atoms with Gasteiger partial charge in [-0.2, -0.15) is 0 Å². The normalized spacial score (nSPS) is 13.6. The van der Waals surface area contributed by atoms with Gasteiger partial charge in [-0.3, -0.25) is 23.4 Å². The zero-order chi connectivity index (χ0) is 27.5. The number of carbonyl (C=O) groups excluding carboxylic acids is 1. The van der Waals surface area contributed by atoms with E-state index in [1.165, 1.54) is 15.3 Å². The van der Waals surface area contributed by atoms with Gasteiger partial charge >= 0.3 is 5.69 Å². The molecule has 0 atom stereocenters. The van der Waals surface area contributed by atoms with Gasteiger partial charge in [-0.1, -0.05) is 30.4 Å². The van der Waals surface area contributed by atoms with Crippen molar-refractivity contribution in [3.63, 3.8) is 0 Å². The molecule has 1 aliphatic rings. The van der Waals surface area contributed by atoms with Crippen LogP contribution in [0.4, 0.5) is 5.69 Å². The monoisotopic (exact) mass is 530 g/mol. The number of aromatic amines is 1. The number of rotatable bonds is 9. The lowest BCUT2D eigenvalue weighted by Crippen LogP contribution is -2.50. The maximum absolute atomic E-state index is 13.0. The summed E-state index contributed by atoms with van der Waals surface area (Å²) in [7, 11) is 1.70. The molecule has 202 valence electrons. The summed E-state index contributed by atoms with van der Waals surface area (Å²) in [5.41, 5.74) is 1.08. The number of imidazole rings is 1. The van der Waals surface area contributed by atoms with Crippen molar-refractivity contribution >= 4 is 22.8 Å². The Morgan fingerprint density at radius 1 is 1.05 bits per heavy atom. The second-order valence-corrected chi connectivity index (χ2v) is 9.15. The standard InChI is InChI=1S/C27H30N8O4/c1-4-11-34-25-23(26(37)35(12-5-2)27(34)38)28-24(29-25)20-17-21(30-31(20)3)39-18-22(36)33-15-13-32(14-16-33)19-9-7-6-8-10-19/h4-10,17H,1-2,11-16,18H2,3H3,(H,28,29). The fourth-order valence-electron chi connectivity index (χ4n) is 4.68. The molecule has 0 bridgehead atoms. The van der Waals surface area contributed by atoms with Gasteiger partial charge in [-0.25, -0.2) is 9.78 Å². The first-order chi connectivity index (χ1) is 18.9. The Morgan fingerprint density at radius 3 is 2.44 bits per heavy atom. The van der Waals surface area contributed by atoms with Crippen LogP contribution in [0, 0.1) is 0 Å². The highest BCUT2D eigenvalue weighted by atomic mass is 16.5. The number of nitrogens with zero attached hydrogens (tertiary/aromatic N) is 7. The van der Waals surface area contributed by atoms with E-state index in [0.29, 0.717) is 24.6 Å². The third-order valence-corrected chi connectivity index (χ3v) is 6.68. The van der Waals surface area contributed by atoms with E-state index in [1.807, 2.05) is 18.2 Å². The van der Waals surface area contributed by atoms with E-state index in [0.717, 1.165) is 23.3 Å². The summed E-state index contributed by atoms with van der Waals surface area (Å²) < 4.78 is 9.72. The van der Waals surface area contributed by atoms with Crippen molar-refractivity contribution < 1.29 is 9.53 Å². The number of aryl methyl sites for hydroxylation is 1. The van der Waals surface area contributed by atoms with Gasteiger partial charge in [0.1, 0.15) is 11.2 Å². The minimum atomic E-state index is -0.498. The molecule has 4 heterocycles. The molecule has 0 unspecified atom stereocenters. The Morgan fingerprint density at radius 2 is 1.74 bits per heavy atom. The third kappa shape index (κ3) is 5.00. The van der Waals surface area contributed by atoms with Crippen molar-refractivity contribution in [3.05, 3.63) is 82.5 Å². The summed E-state index contributed by atoms with van der Waals surface area (Å²) in [6, 6.07) is 11.8. The van der Waals surface area contributed by atoms with E-state index >= 15 is 0 Å². The number of benzene rings is 1. The molecule has 5 rings (SSSR count). The van der Waals surface area contributed by atoms with Gasteiger partial charge in [0.25, 0.3) is 11.5 Å². The zero-order valence-electron chi connectivity index (χ0n) is 21.7. The van der Waals surface area contributed by atoms with Crippen molar-refractivity contribution in [2.75, 3.05) is 37.7 Å². The lowest BCUT2D eigenvalue weighted by molar-refractivity contribution is -0.133. The fraction of sp³-hybridized carbons (Fsp3) is 0.296. The highest BCUT2D eigenvalue weighted by Gasteiger charge is 2.23. The number of fused-ring (bicyclic) bond motifs is 1. The number of allylic oxidation sites excluding steroid dienone is 2. The minimum absolute atomic E-state index is 0.0676. The van der Waals surface area contributed by atoms with Crippen LogP contribution < -0.4 is 20.9 Å². The lowest BCUT2D eigenvalue weighted by atomic mass is 10.2. The van der Waals surface area contributed by atoms with Gasteiger partial charge < -0.3 is 19.5 Å². The second-order valence-electron chi connectivity index (χ2n) is 9.15. The summed E-state index contributed by atoms with van der Waals surface area (Å²) in [5, 5.41) is 4.35. The molecular weight excluding hydrogens is 500 g/mol. The first kappa shape index (κ1) is 25.8. The van der Waals surface area contributed by atoms with Crippen LogP contribution in [0.1, 0.15) is 0 Å². The van der Waals surface area contributed by atoms with Crippen molar-refractivity contribution in [1.29, 1.82) is 0 Å². The molecule has 3 aromatic heterocycles. The van der Waals surface area contributed by atoms with Gasteiger partial charge in [0.15, 0.2) is 18.1 Å². The van der Waals surface area contributed by atoms with Crippen molar-refractivity contribution in [2.24, 2.45) is 7.05 Å². The molecule has 0 saturated carbocycles. The van der Waals surface area contributed by atoms with E-state index in [2.05, 4.69) is 45.3 Å². The van der Waals surface area contributed by atoms with E-state index in [-0.39, 0.29) is 42.6 Å². The molecule has 1 amide bonds. The van der Waals surface area contributed by atoms with Gasteiger partial charge in [0.05, 0.1) is 0 Å². The fourth-order valence-corrected chi connectivity index (χ4v) is 4.68. The molecule has 12 heteroatoms. The van der Waals surface area contributed by atoms with Gasteiger partial charge in [-0.15, -0.1) is 18.3 Å². The highest BCUT2D eigenvalue weighted by molar-refractivity contribution is 5.78. The SMILES string of the molecule is C=CCn1c(=O)c2[nH]c(-c3cc(OCC(=O)N4CCN(c5ccccc5)CC4)nn3C)nc2n(CC=C)c1=O. The van der Waals surface area contributed by atoms with Gasteiger partial charge in [-0.05, 0) is 12.1 Å². The first-order valence-electron chi connectivity index (χ1n) is 12.6. The first-order valence-corrected chi connectivity index (χ1v) is 12.6. The van der Waals surface area contributed by atoms with Crippen LogP contribution in [0.3, 0.4) is 0 Å². The highest BCUT2D eigenvalue weighted by Crippen LogP contribution is 2.23. The van der Waals surface area contributed by atoms with E-state index in [1.54, 1.807) is 24.1 Å². The van der Waals surface area contributed by atoms with Crippen LogP contribution in [0.5, 0.6) is 5.88 Å². The number of carbonyl (C=O) groups is 1. The van der Waals surface area contributed by atoms with Crippen LogP contribution in [0.2, 0.25) is 0 Å². The Balaban J connectivity index is 1.30. The molecule has 0 aliphatic carbocycles. The molecule has 12 nitrogen and oxygen atoms in total. The molecule has 1 aromatic carbocycles. The molecule has 1 saturated heterocycles. The van der Waals surface area contributed by atoms with Gasteiger partial charge in [0.2, 0.25) is 5.88 Å². The maximum atomic E-state index is 13.0. The predicted molar refractivity (Wildman–Crippen MR) is 148 cm³/mol. The maximum Gasteiger partial charge on any atom is 0.333 e. The summed E-state index contributed by atoms with van der Waals surface area (Å²) in [5.74, 6) is 0.468. The van der Waals surface area contributed by atoms with E-state index in [4.69, 9.17) is 4.74 Å². The molecule has 0 radical (unpaired) electrons.